The fourth-order valence-electron chi connectivity index (χ4n) is 3.48. The van der Waals surface area contributed by atoms with Crippen LogP contribution in [0.4, 0.5) is 5.69 Å². The molecule has 29 heavy (non-hydrogen) atoms. The first-order valence-corrected chi connectivity index (χ1v) is 10.3. The number of hydrogen-bond donors (Lipinski definition) is 1. The molecule has 3 rings (SSSR count). The average molecular weight is 398 g/mol. The molecule has 2 aromatic carbocycles. The summed E-state index contributed by atoms with van der Waals surface area (Å²) in [5.74, 6) is 0.506. The molecular weight excluding hydrogens is 366 g/mol. The number of anilines is 1. The molecular formula is C23H31N3O3. The molecule has 6 nitrogen and oxygen atoms in total. The average Bonchev–Trinajstić information content (AvgIpc) is 2.78. The molecule has 0 spiro atoms. The molecule has 1 saturated heterocycles. The molecule has 0 saturated carbocycles. The smallest absolute Gasteiger partial charge is 0.255 e. The minimum atomic E-state index is -0.0908. The highest BCUT2D eigenvalue weighted by Crippen LogP contribution is 2.18. The second-order valence-corrected chi connectivity index (χ2v) is 7.11. The van der Waals surface area contributed by atoms with E-state index in [1.807, 2.05) is 18.2 Å². The Morgan fingerprint density at radius 2 is 1.69 bits per heavy atom. The molecule has 0 bridgehead atoms. The number of amides is 1. The van der Waals surface area contributed by atoms with E-state index in [-0.39, 0.29) is 5.91 Å². The summed E-state index contributed by atoms with van der Waals surface area (Å²) in [5.41, 5.74) is 1.87. The summed E-state index contributed by atoms with van der Waals surface area (Å²) in [5, 5.41) is 3.02. The lowest BCUT2D eigenvalue weighted by molar-refractivity contribution is 0.0943. The summed E-state index contributed by atoms with van der Waals surface area (Å²) in [4.78, 5) is 17.4. The Bertz CT molecular complexity index is 746. The molecule has 0 radical (unpaired) electrons. The van der Waals surface area contributed by atoms with Gasteiger partial charge < -0.3 is 19.7 Å². The second kappa shape index (κ2) is 11.4. The van der Waals surface area contributed by atoms with Crippen LogP contribution in [0.15, 0.2) is 54.6 Å². The largest absolute Gasteiger partial charge is 0.490 e. The molecule has 6 heteroatoms. The van der Waals surface area contributed by atoms with Crippen LogP contribution >= 0.6 is 0 Å². The normalized spacial score (nSPS) is 14.6. The molecule has 1 heterocycles. The van der Waals surface area contributed by atoms with Crippen molar-refractivity contribution in [2.45, 2.75) is 6.42 Å². The molecule has 1 amide bonds. The van der Waals surface area contributed by atoms with E-state index in [4.69, 9.17) is 9.47 Å². The van der Waals surface area contributed by atoms with Crippen molar-refractivity contribution < 1.29 is 14.3 Å². The Balaban J connectivity index is 1.36. The van der Waals surface area contributed by atoms with E-state index in [1.54, 1.807) is 13.2 Å². The van der Waals surface area contributed by atoms with Gasteiger partial charge in [-0.3, -0.25) is 9.69 Å². The number of nitrogens with zero attached hydrogens (tertiary/aromatic N) is 2. The number of ether oxygens (including phenoxy) is 2. The van der Waals surface area contributed by atoms with Crippen LogP contribution in [0.1, 0.15) is 16.8 Å². The molecule has 0 aliphatic carbocycles. The van der Waals surface area contributed by atoms with Crippen LogP contribution in [0.5, 0.6) is 5.75 Å². The highest BCUT2D eigenvalue weighted by atomic mass is 16.5. The maximum atomic E-state index is 12.5. The number of nitrogens with one attached hydrogen (secondary N) is 1. The maximum absolute atomic E-state index is 12.5. The van der Waals surface area contributed by atoms with Crippen LogP contribution in [0, 0.1) is 0 Å². The number of benzene rings is 2. The second-order valence-electron chi connectivity index (χ2n) is 7.11. The maximum Gasteiger partial charge on any atom is 0.255 e. The predicted octanol–water partition coefficient (Wildman–Crippen LogP) is 2.65. The van der Waals surface area contributed by atoms with Crippen molar-refractivity contribution in [1.29, 1.82) is 0 Å². The van der Waals surface area contributed by atoms with Crippen LogP contribution in [-0.2, 0) is 4.74 Å². The molecule has 1 N–H and O–H groups in total. The van der Waals surface area contributed by atoms with Gasteiger partial charge in [0, 0.05) is 45.5 Å². The fourth-order valence-corrected chi connectivity index (χ4v) is 3.48. The molecule has 1 aliphatic rings. The number of carbonyl (C=O) groups is 1. The lowest BCUT2D eigenvalue weighted by atomic mass is 10.2. The summed E-state index contributed by atoms with van der Waals surface area (Å²) in [6.45, 7) is 6.77. The highest BCUT2D eigenvalue weighted by Gasteiger charge is 2.17. The van der Waals surface area contributed by atoms with Crippen LogP contribution in [0.25, 0.3) is 0 Å². The topological polar surface area (TPSA) is 54.0 Å². The Morgan fingerprint density at radius 1 is 0.966 bits per heavy atom. The molecule has 1 fully saturated rings. The summed E-state index contributed by atoms with van der Waals surface area (Å²) in [6.07, 6.45) is 0.934. The number of rotatable bonds is 10. The van der Waals surface area contributed by atoms with Gasteiger partial charge in [0.15, 0.2) is 0 Å². The van der Waals surface area contributed by atoms with Gasteiger partial charge in [-0.2, -0.15) is 0 Å². The van der Waals surface area contributed by atoms with E-state index in [9.17, 15) is 4.79 Å². The lowest BCUT2D eigenvalue weighted by Gasteiger charge is -2.36. The summed E-state index contributed by atoms with van der Waals surface area (Å²) >= 11 is 0. The number of piperazine rings is 1. The van der Waals surface area contributed by atoms with Crippen molar-refractivity contribution in [2.24, 2.45) is 0 Å². The quantitative estimate of drug-likeness (QED) is 0.625. The van der Waals surface area contributed by atoms with Gasteiger partial charge in [-0.1, -0.05) is 30.3 Å². The van der Waals surface area contributed by atoms with Gasteiger partial charge in [-0.15, -0.1) is 0 Å². The van der Waals surface area contributed by atoms with E-state index in [0.29, 0.717) is 31.1 Å². The molecule has 1 aliphatic heterocycles. The molecule has 0 aromatic heterocycles. The Kier molecular flexibility index (Phi) is 8.34. The lowest BCUT2D eigenvalue weighted by Crippen LogP contribution is -2.47. The van der Waals surface area contributed by atoms with Gasteiger partial charge in [0.1, 0.15) is 12.4 Å². The highest BCUT2D eigenvalue weighted by molar-refractivity contribution is 5.96. The monoisotopic (exact) mass is 397 g/mol. The van der Waals surface area contributed by atoms with Gasteiger partial charge in [0.25, 0.3) is 5.91 Å². The van der Waals surface area contributed by atoms with Gasteiger partial charge in [0.2, 0.25) is 0 Å². The first-order chi connectivity index (χ1) is 14.3. The summed E-state index contributed by atoms with van der Waals surface area (Å²) in [6, 6.07) is 17.9. The van der Waals surface area contributed by atoms with Gasteiger partial charge in [0.05, 0.1) is 12.2 Å². The van der Waals surface area contributed by atoms with E-state index in [1.165, 1.54) is 5.69 Å². The van der Waals surface area contributed by atoms with Crippen molar-refractivity contribution in [3.05, 3.63) is 60.2 Å². The van der Waals surface area contributed by atoms with Crippen molar-refractivity contribution >= 4 is 11.6 Å². The van der Waals surface area contributed by atoms with Crippen molar-refractivity contribution in [3.63, 3.8) is 0 Å². The number of hydrogen-bond acceptors (Lipinski definition) is 5. The zero-order valence-corrected chi connectivity index (χ0v) is 17.2. The van der Waals surface area contributed by atoms with E-state index in [0.717, 1.165) is 39.1 Å². The van der Waals surface area contributed by atoms with E-state index < -0.39 is 0 Å². The van der Waals surface area contributed by atoms with Gasteiger partial charge in [-0.05, 0) is 37.2 Å². The number of para-hydroxylation sites is 2. The van der Waals surface area contributed by atoms with Gasteiger partial charge >= 0.3 is 0 Å². The zero-order chi connectivity index (χ0) is 20.3. The third-order valence-corrected chi connectivity index (χ3v) is 5.11. The molecule has 156 valence electrons. The third-order valence-electron chi connectivity index (χ3n) is 5.11. The molecule has 0 unspecified atom stereocenters. The summed E-state index contributed by atoms with van der Waals surface area (Å²) < 4.78 is 10.6. The van der Waals surface area contributed by atoms with E-state index in [2.05, 4.69) is 45.4 Å². The Morgan fingerprint density at radius 3 is 2.45 bits per heavy atom. The fraction of sp³-hybridized carbons (Fsp3) is 0.435. The minimum absolute atomic E-state index is 0.0908. The first-order valence-electron chi connectivity index (χ1n) is 10.3. The third kappa shape index (κ3) is 6.48. The van der Waals surface area contributed by atoms with Crippen molar-refractivity contribution in [3.8, 4) is 5.75 Å². The van der Waals surface area contributed by atoms with Gasteiger partial charge in [-0.25, -0.2) is 0 Å². The van der Waals surface area contributed by atoms with Crippen LogP contribution in [0.2, 0.25) is 0 Å². The molecule has 0 atom stereocenters. The van der Waals surface area contributed by atoms with Crippen LogP contribution in [-0.4, -0.2) is 70.4 Å². The summed E-state index contributed by atoms with van der Waals surface area (Å²) in [7, 11) is 1.63. The van der Waals surface area contributed by atoms with Crippen molar-refractivity contribution in [1.82, 2.24) is 10.2 Å². The first kappa shape index (κ1) is 21.1. The minimum Gasteiger partial charge on any atom is -0.490 e. The van der Waals surface area contributed by atoms with Crippen LogP contribution < -0.4 is 15.0 Å². The molecule has 2 aromatic rings. The SMILES string of the molecule is COCCOc1ccccc1C(=O)NCCCN1CCN(c2ccccc2)CC1. The zero-order valence-electron chi connectivity index (χ0n) is 17.2. The number of carbonyl (C=O) groups excluding carboxylic acids is 1. The predicted molar refractivity (Wildman–Crippen MR) is 116 cm³/mol. The Labute approximate surface area is 173 Å². The van der Waals surface area contributed by atoms with Crippen molar-refractivity contribution in [2.75, 3.05) is 64.5 Å². The standard InChI is InChI=1S/C23H31N3O3/c1-28-18-19-29-22-11-6-5-10-21(22)23(27)24-12-7-13-25-14-16-26(17-15-25)20-8-3-2-4-9-20/h2-6,8-11H,7,12-19H2,1H3,(H,24,27). The van der Waals surface area contributed by atoms with Crippen LogP contribution in [0.3, 0.4) is 0 Å². The van der Waals surface area contributed by atoms with E-state index >= 15 is 0 Å². The Hall–Kier alpha value is -2.57. The number of methoxy groups -OCH3 is 1.